The lowest BCUT2D eigenvalue weighted by Crippen LogP contribution is -2.11. The molecule has 0 aliphatic rings. The minimum Gasteiger partial charge on any atom is -0.494 e. The summed E-state index contributed by atoms with van der Waals surface area (Å²) in [5.41, 5.74) is 0.522. The fourth-order valence-corrected chi connectivity index (χ4v) is 5.38. The summed E-state index contributed by atoms with van der Waals surface area (Å²) in [6.45, 7) is 2.38. The van der Waals surface area contributed by atoms with Crippen LogP contribution >= 0.6 is 45.2 Å². The molecular weight excluding hydrogens is 568 g/mol. The molecule has 0 aliphatic heterocycles. The Balaban J connectivity index is 2.03. The minimum absolute atomic E-state index is 0.0642. The van der Waals surface area contributed by atoms with Crippen LogP contribution in [0.25, 0.3) is 10.9 Å². The Labute approximate surface area is 173 Å². The standard InChI is InChI=1S/C17H13I2NO4S/c1-2-23-11-5-7-12(8-6-11)25(21,22)24-17-15(19)10-14(18)13-4-3-9-20-16(13)17/h3-10H,2H2,1H3. The highest BCUT2D eigenvalue weighted by Crippen LogP contribution is 2.34. The van der Waals surface area contributed by atoms with E-state index in [9.17, 15) is 8.42 Å². The molecule has 3 rings (SSSR count). The summed E-state index contributed by atoms with van der Waals surface area (Å²) in [5.74, 6) is 0.850. The van der Waals surface area contributed by atoms with Crippen molar-refractivity contribution in [1.29, 1.82) is 0 Å². The van der Waals surface area contributed by atoms with Gasteiger partial charge in [-0.25, -0.2) is 0 Å². The number of nitrogens with zero attached hydrogens (tertiary/aromatic N) is 1. The van der Waals surface area contributed by atoms with Crippen LogP contribution in [-0.2, 0) is 10.1 Å². The van der Waals surface area contributed by atoms with Gasteiger partial charge in [-0.05, 0) is 88.5 Å². The molecule has 0 N–H and O–H groups in total. The molecule has 3 aromatic rings. The molecule has 2 aromatic carbocycles. The average Bonchev–Trinajstić information content (AvgIpc) is 2.59. The van der Waals surface area contributed by atoms with E-state index in [0.717, 1.165) is 8.96 Å². The Bertz CT molecular complexity index is 1020. The topological polar surface area (TPSA) is 65.5 Å². The highest BCUT2D eigenvalue weighted by atomic mass is 127. The van der Waals surface area contributed by atoms with Crippen molar-refractivity contribution in [3.05, 3.63) is 55.8 Å². The number of benzene rings is 2. The normalized spacial score (nSPS) is 11.5. The van der Waals surface area contributed by atoms with Crippen molar-refractivity contribution in [3.63, 3.8) is 0 Å². The number of aromatic nitrogens is 1. The summed E-state index contributed by atoms with van der Waals surface area (Å²) in [6.07, 6.45) is 1.62. The monoisotopic (exact) mass is 581 g/mol. The van der Waals surface area contributed by atoms with Crippen molar-refractivity contribution in [3.8, 4) is 11.5 Å². The van der Waals surface area contributed by atoms with Gasteiger partial charge in [0, 0.05) is 15.2 Å². The number of pyridine rings is 1. The van der Waals surface area contributed by atoms with E-state index >= 15 is 0 Å². The van der Waals surface area contributed by atoms with Crippen LogP contribution in [0.3, 0.4) is 0 Å². The molecule has 5 nitrogen and oxygen atoms in total. The molecule has 0 bridgehead atoms. The summed E-state index contributed by atoms with van der Waals surface area (Å²) < 4.78 is 37.8. The number of halogens is 2. The molecule has 0 radical (unpaired) electrons. The maximum atomic E-state index is 12.7. The van der Waals surface area contributed by atoms with Crippen molar-refractivity contribution in [2.75, 3.05) is 6.61 Å². The summed E-state index contributed by atoms with van der Waals surface area (Å²) in [6, 6.07) is 11.7. The van der Waals surface area contributed by atoms with Crippen LogP contribution in [0.5, 0.6) is 11.5 Å². The van der Waals surface area contributed by atoms with Crippen LogP contribution in [0.2, 0.25) is 0 Å². The van der Waals surface area contributed by atoms with Crippen molar-refractivity contribution >= 4 is 66.2 Å². The third-order valence-corrected chi connectivity index (χ3v) is 6.30. The zero-order valence-electron chi connectivity index (χ0n) is 13.1. The van der Waals surface area contributed by atoms with Crippen molar-refractivity contribution < 1.29 is 17.3 Å². The number of fused-ring (bicyclic) bond motifs is 1. The Kier molecular flexibility index (Phi) is 5.68. The van der Waals surface area contributed by atoms with Crippen LogP contribution < -0.4 is 8.92 Å². The molecule has 130 valence electrons. The Hall–Kier alpha value is -1.14. The van der Waals surface area contributed by atoms with E-state index < -0.39 is 10.1 Å². The quantitative estimate of drug-likeness (QED) is 0.326. The number of hydrogen-bond acceptors (Lipinski definition) is 5. The molecule has 8 heteroatoms. The molecule has 0 fully saturated rings. The maximum Gasteiger partial charge on any atom is 0.339 e. The first-order valence-corrected chi connectivity index (χ1v) is 10.9. The Morgan fingerprint density at radius 3 is 2.48 bits per heavy atom. The van der Waals surface area contributed by atoms with Gasteiger partial charge in [0.15, 0.2) is 5.75 Å². The second-order valence-electron chi connectivity index (χ2n) is 5.01. The molecule has 0 aliphatic carbocycles. The molecule has 0 atom stereocenters. The fraction of sp³-hybridized carbons (Fsp3) is 0.118. The molecule has 0 spiro atoms. The maximum absolute atomic E-state index is 12.7. The minimum atomic E-state index is -3.97. The highest BCUT2D eigenvalue weighted by molar-refractivity contribution is 14.1. The van der Waals surface area contributed by atoms with Crippen LogP contribution in [0, 0.1) is 7.14 Å². The summed E-state index contributed by atoms with van der Waals surface area (Å²) >= 11 is 4.25. The molecule has 0 amide bonds. The smallest absolute Gasteiger partial charge is 0.339 e. The van der Waals surface area contributed by atoms with Gasteiger partial charge in [-0.3, -0.25) is 4.98 Å². The van der Waals surface area contributed by atoms with Crippen molar-refractivity contribution in [2.45, 2.75) is 11.8 Å². The van der Waals surface area contributed by atoms with Gasteiger partial charge in [0.05, 0.1) is 10.2 Å². The molecule has 0 unspecified atom stereocenters. The molecule has 1 aromatic heterocycles. The van der Waals surface area contributed by atoms with E-state index in [1.807, 2.05) is 25.1 Å². The number of ether oxygens (including phenoxy) is 1. The first-order valence-electron chi connectivity index (χ1n) is 7.32. The van der Waals surface area contributed by atoms with Crippen LogP contribution in [0.15, 0.2) is 53.6 Å². The van der Waals surface area contributed by atoms with E-state index in [1.165, 1.54) is 12.1 Å². The first-order chi connectivity index (χ1) is 11.9. The number of rotatable bonds is 5. The van der Waals surface area contributed by atoms with E-state index in [4.69, 9.17) is 8.92 Å². The van der Waals surface area contributed by atoms with Gasteiger partial charge in [0.1, 0.15) is 16.2 Å². The lowest BCUT2D eigenvalue weighted by Gasteiger charge is -2.12. The molecule has 0 saturated carbocycles. The Morgan fingerprint density at radius 1 is 1.08 bits per heavy atom. The van der Waals surface area contributed by atoms with Gasteiger partial charge in [0.25, 0.3) is 0 Å². The van der Waals surface area contributed by atoms with Gasteiger partial charge in [-0.2, -0.15) is 8.42 Å². The fourth-order valence-electron chi connectivity index (χ4n) is 2.25. The third kappa shape index (κ3) is 4.00. The van der Waals surface area contributed by atoms with Crippen molar-refractivity contribution in [1.82, 2.24) is 4.98 Å². The van der Waals surface area contributed by atoms with Crippen LogP contribution in [0.4, 0.5) is 0 Å². The average molecular weight is 581 g/mol. The Morgan fingerprint density at radius 2 is 1.80 bits per heavy atom. The lowest BCUT2D eigenvalue weighted by molar-refractivity contribution is 0.340. The van der Waals surface area contributed by atoms with Gasteiger partial charge in [-0.15, -0.1) is 0 Å². The zero-order valence-corrected chi connectivity index (χ0v) is 18.2. The van der Waals surface area contributed by atoms with E-state index in [2.05, 4.69) is 50.2 Å². The predicted molar refractivity (Wildman–Crippen MR) is 113 cm³/mol. The predicted octanol–water partition coefficient (Wildman–Crippen LogP) is 4.61. The van der Waals surface area contributed by atoms with E-state index in [0.29, 0.717) is 21.4 Å². The third-order valence-electron chi connectivity index (χ3n) is 3.37. The van der Waals surface area contributed by atoms with Crippen LogP contribution in [-0.4, -0.2) is 20.0 Å². The largest absolute Gasteiger partial charge is 0.494 e. The van der Waals surface area contributed by atoms with E-state index in [1.54, 1.807) is 18.3 Å². The molecule has 0 saturated heterocycles. The van der Waals surface area contributed by atoms with Gasteiger partial charge in [-0.1, -0.05) is 6.07 Å². The lowest BCUT2D eigenvalue weighted by atomic mass is 10.2. The van der Waals surface area contributed by atoms with Crippen LogP contribution in [0.1, 0.15) is 6.92 Å². The summed E-state index contributed by atoms with van der Waals surface area (Å²) in [5, 5.41) is 0.848. The molecule has 1 heterocycles. The van der Waals surface area contributed by atoms with Crippen molar-refractivity contribution in [2.24, 2.45) is 0 Å². The summed E-state index contributed by atoms with van der Waals surface area (Å²) in [4.78, 5) is 4.36. The number of hydrogen-bond donors (Lipinski definition) is 0. The molecular formula is C17H13I2NO4S. The van der Waals surface area contributed by atoms with E-state index in [-0.39, 0.29) is 10.6 Å². The second-order valence-corrected chi connectivity index (χ2v) is 8.88. The van der Waals surface area contributed by atoms with Gasteiger partial charge < -0.3 is 8.92 Å². The highest BCUT2D eigenvalue weighted by Gasteiger charge is 2.21. The van der Waals surface area contributed by atoms with Gasteiger partial charge >= 0.3 is 10.1 Å². The van der Waals surface area contributed by atoms with Gasteiger partial charge in [0.2, 0.25) is 0 Å². The summed E-state index contributed by atoms with van der Waals surface area (Å²) in [7, 11) is -3.97. The SMILES string of the molecule is CCOc1ccc(S(=O)(=O)Oc2c(I)cc(I)c3cccnc23)cc1. The first kappa shape index (κ1) is 18.6. The second kappa shape index (κ2) is 7.62. The zero-order chi connectivity index (χ0) is 18.0. The molecule has 25 heavy (non-hydrogen) atoms.